The van der Waals surface area contributed by atoms with E-state index in [2.05, 4.69) is 10.3 Å². The molecular formula is C20H24N4O2. The van der Waals surface area contributed by atoms with Gasteiger partial charge in [0.05, 0.1) is 0 Å². The number of amides is 2. The number of pyridine rings is 1. The molecule has 6 heteroatoms. The lowest BCUT2D eigenvalue weighted by Crippen LogP contribution is -2.46. The van der Waals surface area contributed by atoms with Gasteiger partial charge >= 0.3 is 0 Å². The minimum Gasteiger partial charge on any atom is -0.378 e. The Morgan fingerprint density at radius 1 is 1.00 bits per heavy atom. The molecule has 1 saturated heterocycles. The molecule has 1 N–H and O–H groups in total. The zero-order chi connectivity index (χ0) is 18.5. The largest absolute Gasteiger partial charge is 0.378 e. The zero-order valence-electron chi connectivity index (χ0n) is 15.2. The summed E-state index contributed by atoms with van der Waals surface area (Å²) in [5.41, 5.74) is 2.37. The summed E-state index contributed by atoms with van der Waals surface area (Å²) in [5.74, 6) is -0.0364. The van der Waals surface area contributed by atoms with Gasteiger partial charge in [-0.3, -0.25) is 14.6 Å². The van der Waals surface area contributed by atoms with Crippen LogP contribution >= 0.6 is 0 Å². The maximum absolute atomic E-state index is 12.4. The van der Waals surface area contributed by atoms with Crippen molar-refractivity contribution in [1.82, 2.24) is 15.2 Å². The fraction of sp³-hybridized carbons (Fsp3) is 0.350. The molecule has 0 spiro atoms. The van der Waals surface area contributed by atoms with E-state index >= 15 is 0 Å². The first-order valence-electron chi connectivity index (χ1n) is 8.82. The van der Waals surface area contributed by atoms with Crippen LogP contribution in [0.2, 0.25) is 0 Å². The van der Waals surface area contributed by atoms with E-state index in [0.717, 1.165) is 18.5 Å². The van der Waals surface area contributed by atoms with Gasteiger partial charge in [-0.1, -0.05) is 0 Å². The summed E-state index contributed by atoms with van der Waals surface area (Å²) in [6, 6.07) is 11.1. The molecule has 0 saturated carbocycles. The number of carbonyl (C=O) groups excluding carboxylic acids is 2. The molecule has 2 amide bonds. The monoisotopic (exact) mass is 352 g/mol. The second-order valence-electron chi connectivity index (χ2n) is 6.72. The van der Waals surface area contributed by atoms with Crippen molar-refractivity contribution in [2.45, 2.75) is 18.9 Å². The van der Waals surface area contributed by atoms with Gasteiger partial charge in [0.25, 0.3) is 11.8 Å². The van der Waals surface area contributed by atoms with E-state index in [1.807, 2.05) is 48.2 Å². The number of anilines is 1. The van der Waals surface area contributed by atoms with E-state index < -0.39 is 0 Å². The van der Waals surface area contributed by atoms with Gasteiger partial charge in [-0.2, -0.15) is 0 Å². The van der Waals surface area contributed by atoms with Crippen LogP contribution < -0.4 is 10.2 Å². The summed E-state index contributed by atoms with van der Waals surface area (Å²) in [5, 5.41) is 3.08. The van der Waals surface area contributed by atoms with E-state index in [1.54, 1.807) is 24.5 Å². The highest BCUT2D eigenvalue weighted by atomic mass is 16.2. The topological polar surface area (TPSA) is 65.5 Å². The Kier molecular flexibility index (Phi) is 5.51. The number of piperidine rings is 1. The highest BCUT2D eigenvalue weighted by molar-refractivity contribution is 5.95. The van der Waals surface area contributed by atoms with Crippen molar-refractivity contribution in [3.8, 4) is 0 Å². The van der Waals surface area contributed by atoms with Crippen molar-refractivity contribution in [3.05, 3.63) is 59.9 Å². The lowest BCUT2D eigenvalue weighted by atomic mass is 10.0. The van der Waals surface area contributed by atoms with E-state index in [9.17, 15) is 9.59 Å². The third-order valence-corrected chi connectivity index (χ3v) is 4.69. The molecule has 1 aliphatic rings. The summed E-state index contributed by atoms with van der Waals surface area (Å²) >= 11 is 0. The van der Waals surface area contributed by atoms with Crippen molar-refractivity contribution in [1.29, 1.82) is 0 Å². The van der Waals surface area contributed by atoms with Crippen molar-refractivity contribution < 1.29 is 9.59 Å². The number of aromatic nitrogens is 1. The molecule has 0 aliphatic carbocycles. The van der Waals surface area contributed by atoms with Gasteiger partial charge < -0.3 is 15.1 Å². The number of benzene rings is 1. The molecule has 6 nitrogen and oxygen atoms in total. The lowest BCUT2D eigenvalue weighted by Gasteiger charge is -2.32. The van der Waals surface area contributed by atoms with Gasteiger partial charge in [-0.15, -0.1) is 0 Å². The Balaban J connectivity index is 1.52. The lowest BCUT2D eigenvalue weighted by molar-refractivity contribution is 0.0698. The summed E-state index contributed by atoms with van der Waals surface area (Å²) in [6.07, 6.45) is 4.78. The number of nitrogens with zero attached hydrogens (tertiary/aromatic N) is 3. The van der Waals surface area contributed by atoms with Crippen molar-refractivity contribution in [2.24, 2.45) is 0 Å². The van der Waals surface area contributed by atoms with Gasteiger partial charge in [-0.05, 0) is 49.2 Å². The van der Waals surface area contributed by atoms with Crippen molar-refractivity contribution in [3.63, 3.8) is 0 Å². The molecule has 1 aliphatic heterocycles. The van der Waals surface area contributed by atoms with Crippen LogP contribution in [-0.2, 0) is 0 Å². The van der Waals surface area contributed by atoms with Gasteiger partial charge in [0.2, 0.25) is 0 Å². The smallest absolute Gasteiger partial charge is 0.253 e. The molecule has 0 radical (unpaired) electrons. The third kappa shape index (κ3) is 4.20. The molecule has 0 bridgehead atoms. The Morgan fingerprint density at radius 2 is 1.62 bits per heavy atom. The number of nitrogens with one attached hydrogen (secondary N) is 1. The van der Waals surface area contributed by atoms with E-state index in [1.165, 1.54) is 0 Å². The highest BCUT2D eigenvalue weighted by Gasteiger charge is 2.24. The first kappa shape index (κ1) is 17.9. The first-order valence-corrected chi connectivity index (χ1v) is 8.82. The van der Waals surface area contributed by atoms with Crippen LogP contribution in [0.25, 0.3) is 0 Å². The first-order chi connectivity index (χ1) is 12.5. The standard InChI is InChI=1S/C20H24N4O2/c1-23(2)18-5-3-15(4-6-18)19(25)22-17-9-13-24(14-10-17)20(26)16-7-11-21-12-8-16/h3-8,11-12,17H,9-10,13-14H2,1-2H3,(H,22,25). The van der Waals surface area contributed by atoms with E-state index in [0.29, 0.717) is 24.2 Å². The minimum atomic E-state index is -0.0609. The highest BCUT2D eigenvalue weighted by Crippen LogP contribution is 2.16. The second kappa shape index (κ2) is 7.99. The second-order valence-corrected chi connectivity index (χ2v) is 6.72. The Labute approximate surface area is 153 Å². The minimum absolute atomic E-state index is 0.0245. The molecule has 136 valence electrons. The summed E-state index contributed by atoms with van der Waals surface area (Å²) in [6.45, 7) is 1.29. The third-order valence-electron chi connectivity index (χ3n) is 4.69. The number of rotatable bonds is 4. The maximum atomic E-state index is 12.4. The summed E-state index contributed by atoms with van der Waals surface area (Å²) in [7, 11) is 3.94. The predicted molar refractivity (Wildman–Crippen MR) is 101 cm³/mol. The Hall–Kier alpha value is -2.89. The molecule has 1 aromatic carbocycles. The van der Waals surface area contributed by atoms with Crippen LogP contribution in [0.4, 0.5) is 5.69 Å². The zero-order valence-corrected chi connectivity index (χ0v) is 15.2. The summed E-state index contributed by atoms with van der Waals surface area (Å²) < 4.78 is 0. The summed E-state index contributed by atoms with van der Waals surface area (Å²) in [4.78, 5) is 32.6. The average Bonchev–Trinajstić information content (AvgIpc) is 2.68. The van der Waals surface area contributed by atoms with E-state index in [4.69, 9.17) is 0 Å². The molecule has 1 fully saturated rings. The fourth-order valence-electron chi connectivity index (χ4n) is 3.08. The van der Waals surface area contributed by atoms with Gasteiger partial charge in [0, 0.05) is 62.4 Å². The normalized spacial score (nSPS) is 14.8. The van der Waals surface area contributed by atoms with Crippen LogP contribution in [0.5, 0.6) is 0 Å². The van der Waals surface area contributed by atoms with Crippen LogP contribution in [0.1, 0.15) is 33.6 Å². The molecule has 2 heterocycles. The van der Waals surface area contributed by atoms with Gasteiger partial charge in [-0.25, -0.2) is 0 Å². The van der Waals surface area contributed by atoms with Crippen molar-refractivity contribution >= 4 is 17.5 Å². The van der Waals surface area contributed by atoms with Gasteiger partial charge in [0.1, 0.15) is 0 Å². The van der Waals surface area contributed by atoms with Crippen LogP contribution in [0, 0.1) is 0 Å². The molecule has 1 aromatic heterocycles. The number of likely N-dealkylation sites (tertiary alicyclic amines) is 1. The average molecular weight is 352 g/mol. The molecular weight excluding hydrogens is 328 g/mol. The number of hydrogen-bond acceptors (Lipinski definition) is 4. The molecule has 3 rings (SSSR count). The van der Waals surface area contributed by atoms with Gasteiger partial charge in [0.15, 0.2) is 0 Å². The van der Waals surface area contributed by atoms with E-state index in [-0.39, 0.29) is 17.9 Å². The molecule has 2 aromatic rings. The molecule has 0 atom stereocenters. The number of hydrogen-bond donors (Lipinski definition) is 1. The maximum Gasteiger partial charge on any atom is 0.253 e. The SMILES string of the molecule is CN(C)c1ccc(C(=O)NC2CCN(C(=O)c3ccncc3)CC2)cc1. The number of carbonyl (C=O) groups is 2. The van der Waals surface area contributed by atoms with Crippen molar-refractivity contribution in [2.75, 3.05) is 32.1 Å². The van der Waals surface area contributed by atoms with Crippen LogP contribution in [0.15, 0.2) is 48.8 Å². The fourth-order valence-corrected chi connectivity index (χ4v) is 3.08. The Bertz CT molecular complexity index is 751. The molecule has 26 heavy (non-hydrogen) atoms. The predicted octanol–water partition coefficient (Wildman–Crippen LogP) is 2.18. The van der Waals surface area contributed by atoms with Crippen LogP contribution in [0.3, 0.4) is 0 Å². The van der Waals surface area contributed by atoms with Crippen LogP contribution in [-0.4, -0.2) is 54.9 Å². The quantitative estimate of drug-likeness (QED) is 0.916. The Morgan fingerprint density at radius 3 is 2.19 bits per heavy atom. The molecule has 0 unspecified atom stereocenters.